The van der Waals surface area contributed by atoms with Crippen LogP contribution in [-0.4, -0.2) is 44.5 Å². The standard InChI is InChI=1S/C13H19NO4/c1-10-3-4-11(12(15)9-10)13(16)14-5-6-18-8-7-17-2/h3-4,9,15H,5-8H2,1-2H3,(H,14,16). The van der Waals surface area contributed by atoms with Crippen molar-refractivity contribution in [1.82, 2.24) is 5.32 Å². The first kappa shape index (κ1) is 14.5. The van der Waals surface area contributed by atoms with Crippen molar-refractivity contribution < 1.29 is 19.4 Å². The maximum atomic E-state index is 11.7. The van der Waals surface area contributed by atoms with Crippen molar-refractivity contribution in [1.29, 1.82) is 0 Å². The van der Waals surface area contributed by atoms with Crippen LogP contribution in [0.25, 0.3) is 0 Å². The third-order valence-corrected chi connectivity index (χ3v) is 2.36. The lowest BCUT2D eigenvalue weighted by Gasteiger charge is -2.08. The fourth-order valence-electron chi connectivity index (χ4n) is 1.41. The summed E-state index contributed by atoms with van der Waals surface area (Å²) in [5.41, 5.74) is 1.18. The summed E-state index contributed by atoms with van der Waals surface area (Å²) in [5, 5.41) is 12.3. The largest absolute Gasteiger partial charge is 0.507 e. The van der Waals surface area contributed by atoms with Gasteiger partial charge in [-0.2, -0.15) is 0 Å². The van der Waals surface area contributed by atoms with Crippen LogP contribution in [0.1, 0.15) is 15.9 Å². The van der Waals surface area contributed by atoms with Crippen LogP contribution in [0, 0.1) is 6.92 Å². The smallest absolute Gasteiger partial charge is 0.255 e. The monoisotopic (exact) mass is 253 g/mol. The molecule has 0 aliphatic carbocycles. The van der Waals surface area contributed by atoms with Crippen LogP contribution in [0.3, 0.4) is 0 Å². The predicted octanol–water partition coefficient (Wildman–Crippen LogP) is 1.09. The molecule has 0 heterocycles. The molecule has 0 radical (unpaired) electrons. The molecule has 1 rings (SSSR count). The van der Waals surface area contributed by atoms with E-state index in [0.29, 0.717) is 26.4 Å². The summed E-state index contributed by atoms with van der Waals surface area (Å²) in [6.07, 6.45) is 0. The lowest BCUT2D eigenvalue weighted by Crippen LogP contribution is -2.27. The molecule has 0 fully saturated rings. The predicted molar refractivity (Wildman–Crippen MR) is 67.9 cm³/mol. The van der Waals surface area contributed by atoms with Crippen molar-refractivity contribution >= 4 is 5.91 Å². The number of hydrogen-bond acceptors (Lipinski definition) is 4. The first-order valence-corrected chi connectivity index (χ1v) is 5.79. The number of amides is 1. The molecule has 0 saturated heterocycles. The maximum Gasteiger partial charge on any atom is 0.255 e. The van der Waals surface area contributed by atoms with Crippen LogP contribution in [0.4, 0.5) is 0 Å². The van der Waals surface area contributed by atoms with Gasteiger partial charge < -0.3 is 19.9 Å². The number of methoxy groups -OCH3 is 1. The number of aryl methyl sites for hydroxylation is 1. The zero-order valence-corrected chi connectivity index (χ0v) is 10.7. The first-order valence-electron chi connectivity index (χ1n) is 5.79. The Morgan fingerprint density at radius 1 is 1.33 bits per heavy atom. The van der Waals surface area contributed by atoms with Gasteiger partial charge in [0.05, 0.1) is 25.4 Å². The highest BCUT2D eigenvalue weighted by molar-refractivity contribution is 5.96. The maximum absolute atomic E-state index is 11.7. The van der Waals surface area contributed by atoms with Gasteiger partial charge in [-0.15, -0.1) is 0 Å². The molecule has 0 aliphatic heterocycles. The van der Waals surface area contributed by atoms with Crippen molar-refractivity contribution in [2.24, 2.45) is 0 Å². The number of carbonyl (C=O) groups is 1. The summed E-state index contributed by atoms with van der Waals surface area (Å²) in [5.74, 6) is -0.310. The molecule has 1 amide bonds. The number of benzene rings is 1. The topological polar surface area (TPSA) is 67.8 Å². The number of phenols is 1. The highest BCUT2D eigenvalue weighted by Gasteiger charge is 2.09. The lowest BCUT2D eigenvalue weighted by atomic mass is 10.1. The minimum absolute atomic E-state index is 0.00667. The van der Waals surface area contributed by atoms with Gasteiger partial charge >= 0.3 is 0 Å². The van der Waals surface area contributed by atoms with E-state index in [0.717, 1.165) is 5.56 Å². The average Bonchev–Trinajstić information content (AvgIpc) is 2.33. The summed E-state index contributed by atoms with van der Waals surface area (Å²) in [4.78, 5) is 11.7. The molecule has 1 aromatic rings. The Morgan fingerprint density at radius 2 is 2.11 bits per heavy atom. The van der Waals surface area contributed by atoms with Crippen molar-refractivity contribution in [2.75, 3.05) is 33.5 Å². The van der Waals surface area contributed by atoms with Gasteiger partial charge in [-0.1, -0.05) is 6.07 Å². The van der Waals surface area contributed by atoms with Crippen molar-refractivity contribution in [3.05, 3.63) is 29.3 Å². The van der Waals surface area contributed by atoms with E-state index in [1.54, 1.807) is 25.3 Å². The molecule has 0 unspecified atom stereocenters. The zero-order chi connectivity index (χ0) is 13.4. The van der Waals surface area contributed by atoms with Crippen molar-refractivity contribution in [2.45, 2.75) is 6.92 Å². The fourth-order valence-corrected chi connectivity index (χ4v) is 1.41. The van der Waals surface area contributed by atoms with E-state index in [4.69, 9.17) is 9.47 Å². The summed E-state index contributed by atoms with van der Waals surface area (Å²) in [7, 11) is 1.60. The lowest BCUT2D eigenvalue weighted by molar-refractivity contribution is 0.0692. The number of phenolic OH excluding ortho intramolecular Hbond substituents is 1. The van der Waals surface area contributed by atoms with Gasteiger partial charge in [-0.3, -0.25) is 4.79 Å². The first-order chi connectivity index (χ1) is 8.65. The van der Waals surface area contributed by atoms with E-state index in [1.165, 1.54) is 0 Å². The Balaban J connectivity index is 2.32. The Kier molecular flexibility index (Phi) is 6.18. The second-order valence-electron chi connectivity index (χ2n) is 3.88. The number of ether oxygens (including phenoxy) is 2. The molecule has 0 spiro atoms. The molecule has 0 aromatic heterocycles. The minimum Gasteiger partial charge on any atom is -0.507 e. The quantitative estimate of drug-likeness (QED) is 0.714. The van der Waals surface area contributed by atoms with Gasteiger partial charge in [0.1, 0.15) is 5.75 Å². The Bertz CT molecular complexity index is 393. The SMILES string of the molecule is COCCOCCNC(=O)c1ccc(C)cc1O. The van der Waals surface area contributed by atoms with E-state index in [-0.39, 0.29) is 17.2 Å². The number of aromatic hydroxyl groups is 1. The van der Waals surface area contributed by atoms with Gasteiger partial charge in [0.25, 0.3) is 5.91 Å². The van der Waals surface area contributed by atoms with Crippen LogP contribution in [-0.2, 0) is 9.47 Å². The van der Waals surface area contributed by atoms with Gasteiger partial charge in [0.15, 0.2) is 0 Å². The Labute approximate surface area is 107 Å². The van der Waals surface area contributed by atoms with E-state index in [1.807, 2.05) is 6.92 Å². The van der Waals surface area contributed by atoms with Crippen LogP contribution in [0.15, 0.2) is 18.2 Å². The molecule has 0 atom stereocenters. The third-order valence-electron chi connectivity index (χ3n) is 2.36. The van der Waals surface area contributed by atoms with Gasteiger partial charge in [0.2, 0.25) is 0 Å². The van der Waals surface area contributed by atoms with Crippen molar-refractivity contribution in [3.63, 3.8) is 0 Å². The van der Waals surface area contributed by atoms with Gasteiger partial charge in [-0.25, -0.2) is 0 Å². The minimum atomic E-state index is -0.303. The molecule has 0 aliphatic rings. The molecule has 5 heteroatoms. The fraction of sp³-hybridized carbons (Fsp3) is 0.462. The van der Waals surface area contributed by atoms with Crippen LogP contribution in [0.5, 0.6) is 5.75 Å². The summed E-state index contributed by atoms with van der Waals surface area (Å²) < 4.78 is 10.0. The molecule has 0 bridgehead atoms. The third kappa shape index (κ3) is 4.73. The second kappa shape index (κ2) is 7.68. The van der Waals surface area contributed by atoms with E-state index >= 15 is 0 Å². The summed E-state index contributed by atoms with van der Waals surface area (Å²) in [6.45, 7) is 3.71. The number of carbonyl (C=O) groups excluding carboxylic acids is 1. The number of nitrogens with one attached hydrogen (secondary N) is 1. The average molecular weight is 253 g/mol. The van der Waals surface area contributed by atoms with E-state index in [2.05, 4.69) is 5.32 Å². The molecular formula is C13H19NO4. The summed E-state index contributed by atoms with van der Waals surface area (Å²) >= 11 is 0. The summed E-state index contributed by atoms with van der Waals surface area (Å²) in [6, 6.07) is 4.94. The number of rotatable bonds is 7. The molecule has 0 saturated carbocycles. The van der Waals surface area contributed by atoms with Crippen LogP contribution >= 0.6 is 0 Å². The van der Waals surface area contributed by atoms with E-state index < -0.39 is 0 Å². The number of hydrogen-bond donors (Lipinski definition) is 2. The van der Waals surface area contributed by atoms with Crippen LogP contribution in [0.2, 0.25) is 0 Å². The van der Waals surface area contributed by atoms with Gasteiger partial charge in [0, 0.05) is 13.7 Å². The Hall–Kier alpha value is -1.59. The second-order valence-corrected chi connectivity index (χ2v) is 3.88. The molecule has 18 heavy (non-hydrogen) atoms. The molecule has 2 N–H and O–H groups in total. The molecule has 100 valence electrons. The molecule has 5 nitrogen and oxygen atoms in total. The highest BCUT2D eigenvalue weighted by atomic mass is 16.5. The zero-order valence-electron chi connectivity index (χ0n) is 10.7. The molecule has 1 aromatic carbocycles. The normalized spacial score (nSPS) is 10.3. The van der Waals surface area contributed by atoms with Crippen molar-refractivity contribution in [3.8, 4) is 5.75 Å². The highest BCUT2D eigenvalue weighted by Crippen LogP contribution is 2.17. The van der Waals surface area contributed by atoms with Gasteiger partial charge in [-0.05, 0) is 24.6 Å². The Morgan fingerprint density at radius 3 is 2.78 bits per heavy atom. The van der Waals surface area contributed by atoms with E-state index in [9.17, 15) is 9.90 Å². The molecular weight excluding hydrogens is 234 g/mol. The van der Waals surface area contributed by atoms with Crippen LogP contribution < -0.4 is 5.32 Å².